The third kappa shape index (κ3) is 5.07. The van der Waals surface area contributed by atoms with Gasteiger partial charge in [-0.25, -0.2) is 8.42 Å². The van der Waals surface area contributed by atoms with Crippen molar-refractivity contribution in [3.05, 3.63) is 86.8 Å². The van der Waals surface area contributed by atoms with Crippen LogP contribution in [0.2, 0.25) is 0 Å². The SMILES string of the molecule is O=C(Nc1ccccc1C(=O)[O-])c1ccc(Br)c(S(=O)(=O)Nc2ccc(Br)cc2)c1. The highest BCUT2D eigenvalue weighted by Gasteiger charge is 2.20. The van der Waals surface area contributed by atoms with Crippen LogP contribution in [0.3, 0.4) is 0 Å². The maximum atomic E-state index is 12.8. The first kappa shape index (κ1) is 22.0. The first-order valence-corrected chi connectivity index (χ1v) is 11.4. The zero-order valence-electron chi connectivity index (χ0n) is 15.1. The standard InChI is InChI=1S/C20H14Br2N2O5S/c21-13-6-8-14(9-7-13)24-30(28,29)18-11-12(5-10-16(18)22)19(25)23-17-4-2-1-3-15(17)20(26)27/h1-11,24H,(H,23,25)(H,26,27)/p-1. The van der Waals surface area contributed by atoms with Crippen molar-refractivity contribution in [3.63, 3.8) is 0 Å². The van der Waals surface area contributed by atoms with Crippen LogP contribution in [-0.4, -0.2) is 20.3 Å². The zero-order valence-corrected chi connectivity index (χ0v) is 19.0. The predicted molar refractivity (Wildman–Crippen MR) is 118 cm³/mol. The summed E-state index contributed by atoms with van der Waals surface area (Å²) in [6.07, 6.45) is 0. The lowest BCUT2D eigenvalue weighted by Gasteiger charge is -2.13. The number of carbonyl (C=O) groups excluding carboxylic acids is 2. The first-order chi connectivity index (χ1) is 14.2. The molecule has 0 saturated carbocycles. The lowest BCUT2D eigenvalue weighted by molar-refractivity contribution is -0.254. The molecule has 0 aromatic heterocycles. The highest BCUT2D eigenvalue weighted by atomic mass is 79.9. The van der Waals surface area contributed by atoms with Crippen molar-refractivity contribution in [2.24, 2.45) is 0 Å². The van der Waals surface area contributed by atoms with Gasteiger partial charge >= 0.3 is 0 Å². The number of sulfonamides is 1. The van der Waals surface area contributed by atoms with Crippen LogP contribution in [0.25, 0.3) is 0 Å². The third-order valence-corrected chi connectivity index (χ3v) is 6.88. The number of hydrogen-bond donors (Lipinski definition) is 2. The average molecular weight is 553 g/mol. The van der Waals surface area contributed by atoms with Crippen LogP contribution in [0.5, 0.6) is 0 Å². The number of carbonyl (C=O) groups is 2. The van der Waals surface area contributed by atoms with Gasteiger partial charge < -0.3 is 15.2 Å². The van der Waals surface area contributed by atoms with Gasteiger partial charge in [0, 0.05) is 25.8 Å². The van der Waals surface area contributed by atoms with Gasteiger partial charge in [0.25, 0.3) is 15.9 Å². The van der Waals surface area contributed by atoms with Gasteiger partial charge in [0.1, 0.15) is 4.90 Å². The van der Waals surface area contributed by atoms with Crippen molar-refractivity contribution in [2.75, 3.05) is 10.0 Å². The Hall–Kier alpha value is -2.69. The van der Waals surface area contributed by atoms with Crippen molar-refractivity contribution >= 4 is 65.1 Å². The molecule has 2 N–H and O–H groups in total. The molecule has 3 aromatic carbocycles. The minimum atomic E-state index is -4.00. The monoisotopic (exact) mass is 551 g/mol. The van der Waals surface area contributed by atoms with Crippen LogP contribution in [0, 0.1) is 0 Å². The molecule has 0 aliphatic rings. The second kappa shape index (κ2) is 8.99. The number of amides is 1. The maximum absolute atomic E-state index is 12.8. The van der Waals surface area contributed by atoms with Crippen molar-refractivity contribution in [3.8, 4) is 0 Å². The molecule has 0 bridgehead atoms. The molecule has 0 radical (unpaired) electrons. The van der Waals surface area contributed by atoms with Crippen LogP contribution in [0.1, 0.15) is 20.7 Å². The van der Waals surface area contributed by atoms with Gasteiger partial charge in [-0.3, -0.25) is 9.52 Å². The summed E-state index contributed by atoms with van der Waals surface area (Å²) in [5, 5.41) is 13.7. The molecule has 0 spiro atoms. The van der Waals surface area contributed by atoms with E-state index in [1.165, 1.54) is 36.4 Å². The van der Waals surface area contributed by atoms with E-state index in [9.17, 15) is 23.1 Å². The topological polar surface area (TPSA) is 115 Å². The number of hydrogen-bond acceptors (Lipinski definition) is 5. The number of nitrogens with one attached hydrogen (secondary N) is 2. The second-order valence-electron chi connectivity index (χ2n) is 6.04. The van der Waals surface area contributed by atoms with Gasteiger partial charge in [-0.1, -0.05) is 34.1 Å². The summed E-state index contributed by atoms with van der Waals surface area (Å²) in [4.78, 5) is 23.7. The largest absolute Gasteiger partial charge is 0.545 e. The van der Waals surface area contributed by atoms with Gasteiger partial charge in [-0.05, 0) is 64.5 Å². The quantitative estimate of drug-likeness (QED) is 0.484. The molecule has 3 rings (SSSR count). The molecule has 3 aromatic rings. The number of carboxylic acid groups (broad SMARTS) is 1. The summed E-state index contributed by atoms with van der Waals surface area (Å²) >= 11 is 6.47. The first-order valence-electron chi connectivity index (χ1n) is 8.37. The lowest BCUT2D eigenvalue weighted by Crippen LogP contribution is -2.25. The molecule has 0 aliphatic heterocycles. The maximum Gasteiger partial charge on any atom is 0.263 e. The van der Waals surface area contributed by atoms with E-state index in [0.717, 1.165) is 4.47 Å². The molecule has 0 heterocycles. The zero-order chi connectivity index (χ0) is 21.9. The molecule has 0 aliphatic carbocycles. The second-order valence-corrected chi connectivity index (χ2v) is 9.47. The molecular weight excluding hydrogens is 540 g/mol. The van der Waals surface area contributed by atoms with Crippen molar-refractivity contribution < 1.29 is 23.1 Å². The van der Waals surface area contributed by atoms with E-state index in [1.54, 1.807) is 30.3 Å². The van der Waals surface area contributed by atoms with Gasteiger partial charge in [-0.15, -0.1) is 0 Å². The van der Waals surface area contributed by atoms with E-state index in [4.69, 9.17) is 0 Å². The predicted octanol–water partition coefficient (Wildman–Crippen LogP) is 3.63. The van der Waals surface area contributed by atoms with Gasteiger partial charge in [-0.2, -0.15) is 0 Å². The number of halogens is 2. The van der Waals surface area contributed by atoms with Crippen LogP contribution in [-0.2, 0) is 10.0 Å². The van der Waals surface area contributed by atoms with E-state index in [2.05, 4.69) is 41.9 Å². The van der Waals surface area contributed by atoms with Crippen molar-refractivity contribution in [1.29, 1.82) is 0 Å². The normalized spacial score (nSPS) is 11.0. The smallest absolute Gasteiger partial charge is 0.263 e. The van der Waals surface area contributed by atoms with E-state index in [0.29, 0.717) is 5.69 Å². The van der Waals surface area contributed by atoms with Crippen molar-refractivity contribution in [1.82, 2.24) is 0 Å². The van der Waals surface area contributed by atoms with Crippen LogP contribution in [0.15, 0.2) is 80.6 Å². The number of carboxylic acids is 1. The highest BCUT2D eigenvalue weighted by Crippen LogP contribution is 2.27. The molecule has 154 valence electrons. The van der Waals surface area contributed by atoms with E-state index < -0.39 is 21.9 Å². The fraction of sp³-hybridized carbons (Fsp3) is 0. The minimum absolute atomic E-state index is 0.0301. The Kier molecular flexibility index (Phi) is 6.59. The summed E-state index contributed by atoms with van der Waals surface area (Å²) in [6, 6.07) is 16.3. The Morgan fingerprint density at radius 1 is 0.900 bits per heavy atom. The molecule has 0 saturated heterocycles. The Morgan fingerprint density at radius 2 is 1.57 bits per heavy atom. The number of aromatic carboxylic acids is 1. The fourth-order valence-corrected chi connectivity index (χ4v) is 4.86. The summed E-state index contributed by atoms with van der Waals surface area (Å²) in [5.41, 5.74) is 0.237. The van der Waals surface area contributed by atoms with E-state index >= 15 is 0 Å². The van der Waals surface area contributed by atoms with Crippen molar-refractivity contribution in [2.45, 2.75) is 4.90 Å². The molecule has 0 unspecified atom stereocenters. The van der Waals surface area contributed by atoms with Gasteiger partial charge in [0.15, 0.2) is 0 Å². The third-order valence-electron chi connectivity index (χ3n) is 3.97. The molecule has 0 atom stereocenters. The summed E-state index contributed by atoms with van der Waals surface area (Å²) in [6.45, 7) is 0. The molecule has 1 amide bonds. The summed E-state index contributed by atoms with van der Waals surface area (Å²) < 4.78 is 29.1. The number of benzene rings is 3. The fourth-order valence-electron chi connectivity index (χ4n) is 2.54. The van der Waals surface area contributed by atoms with Crippen LogP contribution < -0.4 is 15.1 Å². The Bertz CT molecular complexity index is 1230. The Balaban J connectivity index is 1.90. The highest BCUT2D eigenvalue weighted by molar-refractivity contribution is 9.10. The Labute approximate surface area is 189 Å². The van der Waals surface area contributed by atoms with E-state index in [1.807, 2.05) is 0 Å². The number of rotatable bonds is 6. The van der Waals surface area contributed by atoms with Gasteiger partial charge in [0.2, 0.25) is 0 Å². The number of para-hydroxylation sites is 1. The molecule has 30 heavy (non-hydrogen) atoms. The molecular formula is C20H13Br2N2O5S-. The summed E-state index contributed by atoms with van der Waals surface area (Å²) in [7, 11) is -4.00. The van der Waals surface area contributed by atoms with E-state index in [-0.39, 0.29) is 26.2 Å². The van der Waals surface area contributed by atoms with Crippen LogP contribution >= 0.6 is 31.9 Å². The van der Waals surface area contributed by atoms with Crippen LogP contribution in [0.4, 0.5) is 11.4 Å². The molecule has 7 nitrogen and oxygen atoms in total. The molecule has 0 fully saturated rings. The average Bonchev–Trinajstić information content (AvgIpc) is 2.70. The minimum Gasteiger partial charge on any atom is -0.545 e. The Morgan fingerprint density at radius 3 is 2.23 bits per heavy atom. The summed E-state index contributed by atoms with van der Waals surface area (Å²) in [5.74, 6) is -2.11. The van der Waals surface area contributed by atoms with Gasteiger partial charge in [0.05, 0.1) is 11.7 Å². The molecule has 10 heteroatoms. The number of anilines is 2. The lowest BCUT2D eigenvalue weighted by atomic mass is 10.1.